The first-order chi connectivity index (χ1) is 14.3. The molecule has 0 aliphatic carbocycles. The topological polar surface area (TPSA) is 73.3 Å². The molecule has 0 N–H and O–H groups in total. The van der Waals surface area contributed by atoms with Crippen molar-refractivity contribution in [3.63, 3.8) is 0 Å². The van der Waals surface area contributed by atoms with Crippen LogP contribution in [0.15, 0.2) is 58.5 Å². The maximum Gasteiger partial charge on any atom is 0.253 e. The molecule has 0 aromatic heterocycles. The molecule has 1 saturated heterocycles. The predicted molar refractivity (Wildman–Crippen MR) is 117 cm³/mol. The van der Waals surface area contributed by atoms with Crippen molar-refractivity contribution in [2.24, 2.45) is 5.10 Å². The number of sulfonamides is 1. The van der Waals surface area contributed by atoms with E-state index in [1.165, 1.54) is 4.31 Å². The third-order valence-corrected chi connectivity index (χ3v) is 7.49. The second-order valence-electron chi connectivity index (χ2n) is 7.76. The molecule has 8 heteroatoms. The number of hydrogen-bond donors (Lipinski definition) is 0. The molecular formula is C22H26N4O3S. The lowest BCUT2D eigenvalue weighted by Crippen LogP contribution is -2.50. The molecule has 2 aliphatic rings. The molecule has 0 atom stereocenters. The first-order valence-electron chi connectivity index (χ1n) is 10.1. The number of aryl methyl sites for hydroxylation is 1. The highest BCUT2D eigenvalue weighted by Gasteiger charge is 2.30. The van der Waals surface area contributed by atoms with E-state index < -0.39 is 10.0 Å². The van der Waals surface area contributed by atoms with Crippen LogP contribution in [0.4, 0.5) is 5.69 Å². The summed E-state index contributed by atoms with van der Waals surface area (Å²) in [7, 11) is -3.53. The summed E-state index contributed by atoms with van der Waals surface area (Å²) >= 11 is 0. The van der Waals surface area contributed by atoms with Crippen molar-refractivity contribution in [1.29, 1.82) is 0 Å². The maximum absolute atomic E-state index is 12.9. The number of carbonyl (C=O) groups is 1. The summed E-state index contributed by atoms with van der Waals surface area (Å²) in [4.78, 5) is 14.9. The molecule has 2 aromatic carbocycles. The number of piperazine rings is 1. The van der Waals surface area contributed by atoms with Gasteiger partial charge < -0.3 is 4.90 Å². The van der Waals surface area contributed by atoms with Crippen LogP contribution in [0.5, 0.6) is 0 Å². The highest BCUT2D eigenvalue weighted by atomic mass is 32.2. The Bertz CT molecular complexity index is 1050. The minimum Gasteiger partial charge on any atom is -0.336 e. The normalized spacial score (nSPS) is 17.9. The predicted octanol–water partition coefficient (Wildman–Crippen LogP) is 2.73. The van der Waals surface area contributed by atoms with E-state index in [9.17, 15) is 13.2 Å². The second-order valence-corrected chi connectivity index (χ2v) is 9.70. The van der Waals surface area contributed by atoms with Gasteiger partial charge in [0.15, 0.2) is 0 Å². The van der Waals surface area contributed by atoms with Gasteiger partial charge in [0, 0.05) is 50.4 Å². The summed E-state index contributed by atoms with van der Waals surface area (Å²) in [5.74, 6) is -0.0740. The minimum absolute atomic E-state index is 0.0740. The van der Waals surface area contributed by atoms with E-state index in [2.05, 4.69) is 5.10 Å². The van der Waals surface area contributed by atoms with Gasteiger partial charge in [-0.05, 0) is 50.2 Å². The van der Waals surface area contributed by atoms with E-state index in [-0.39, 0.29) is 5.91 Å². The van der Waals surface area contributed by atoms with Crippen molar-refractivity contribution in [1.82, 2.24) is 9.21 Å². The van der Waals surface area contributed by atoms with Crippen LogP contribution in [-0.4, -0.2) is 62.0 Å². The summed E-state index contributed by atoms with van der Waals surface area (Å²) in [5.41, 5.74) is 3.70. The minimum atomic E-state index is -3.53. The first kappa shape index (κ1) is 20.6. The summed E-state index contributed by atoms with van der Waals surface area (Å²) in [6.07, 6.45) is 0.955. The van der Waals surface area contributed by atoms with E-state index in [0.717, 1.165) is 29.9 Å². The van der Waals surface area contributed by atoms with Gasteiger partial charge in [0.05, 0.1) is 10.6 Å². The van der Waals surface area contributed by atoms with Crippen LogP contribution < -0.4 is 5.01 Å². The van der Waals surface area contributed by atoms with Crippen molar-refractivity contribution < 1.29 is 13.2 Å². The number of amides is 1. The molecule has 4 rings (SSSR count). The number of benzene rings is 2. The molecule has 2 heterocycles. The molecule has 1 fully saturated rings. The molecule has 0 saturated carbocycles. The first-order valence-corrected chi connectivity index (χ1v) is 11.6. The Labute approximate surface area is 177 Å². The quantitative estimate of drug-likeness (QED) is 0.754. The Morgan fingerprint density at radius 2 is 1.50 bits per heavy atom. The van der Waals surface area contributed by atoms with Gasteiger partial charge in [-0.25, -0.2) is 8.42 Å². The SMILES string of the molecule is CC1=NN(c2ccc(C(=O)N3CCN(S(=O)(=O)c4ccc(C)cc4)CC3)cc2)CC1. The Hall–Kier alpha value is -2.71. The molecule has 30 heavy (non-hydrogen) atoms. The number of hydrogen-bond acceptors (Lipinski definition) is 5. The molecule has 2 aliphatic heterocycles. The van der Waals surface area contributed by atoms with E-state index in [1.54, 1.807) is 29.2 Å². The van der Waals surface area contributed by atoms with Crippen molar-refractivity contribution in [3.8, 4) is 0 Å². The second kappa shape index (κ2) is 8.20. The van der Waals surface area contributed by atoms with Gasteiger partial charge in [-0.15, -0.1) is 0 Å². The molecule has 7 nitrogen and oxygen atoms in total. The standard InChI is InChI=1S/C22H26N4O3S/c1-17-3-9-21(10-4-17)30(28,29)25-15-13-24(14-16-25)22(27)19-5-7-20(8-6-19)26-12-11-18(2)23-26/h3-10H,11-16H2,1-2H3. The Morgan fingerprint density at radius 1 is 0.867 bits per heavy atom. The molecule has 0 bridgehead atoms. The number of rotatable bonds is 4. The third-order valence-electron chi connectivity index (χ3n) is 5.57. The Morgan fingerprint density at radius 3 is 2.07 bits per heavy atom. The molecule has 0 unspecified atom stereocenters. The number of anilines is 1. The highest BCUT2D eigenvalue weighted by molar-refractivity contribution is 7.89. The van der Waals surface area contributed by atoms with Crippen LogP contribution in [-0.2, 0) is 10.0 Å². The van der Waals surface area contributed by atoms with Gasteiger partial charge >= 0.3 is 0 Å². The smallest absolute Gasteiger partial charge is 0.253 e. The summed E-state index contributed by atoms with van der Waals surface area (Å²) in [6, 6.07) is 14.3. The Kier molecular flexibility index (Phi) is 5.62. The van der Waals surface area contributed by atoms with Crippen molar-refractivity contribution >= 4 is 27.3 Å². The van der Waals surface area contributed by atoms with E-state index >= 15 is 0 Å². The van der Waals surface area contributed by atoms with E-state index in [0.29, 0.717) is 36.6 Å². The van der Waals surface area contributed by atoms with Gasteiger partial charge in [0.25, 0.3) is 5.91 Å². The zero-order valence-electron chi connectivity index (χ0n) is 17.3. The molecule has 1 amide bonds. The van der Waals surface area contributed by atoms with Gasteiger partial charge in [-0.1, -0.05) is 17.7 Å². The lowest BCUT2D eigenvalue weighted by Gasteiger charge is -2.34. The van der Waals surface area contributed by atoms with Crippen LogP contribution in [0.2, 0.25) is 0 Å². The van der Waals surface area contributed by atoms with Crippen LogP contribution in [0.1, 0.15) is 29.3 Å². The lowest BCUT2D eigenvalue weighted by atomic mass is 10.1. The number of hydrazone groups is 1. The maximum atomic E-state index is 12.9. The lowest BCUT2D eigenvalue weighted by molar-refractivity contribution is 0.0698. The van der Waals surface area contributed by atoms with Crippen LogP contribution in [0.3, 0.4) is 0 Å². The third kappa shape index (κ3) is 4.11. The molecular weight excluding hydrogens is 400 g/mol. The Balaban J connectivity index is 1.39. The van der Waals surface area contributed by atoms with E-state index in [4.69, 9.17) is 0 Å². The average Bonchev–Trinajstić information content (AvgIpc) is 3.20. The fraction of sp³-hybridized carbons (Fsp3) is 0.364. The fourth-order valence-corrected chi connectivity index (χ4v) is 5.13. The molecule has 0 radical (unpaired) electrons. The number of nitrogens with zero attached hydrogens (tertiary/aromatic N) is 4. The largest absolute Gasteiger partial charge is 0.336 e. The van der Waals surface area contributed by atoms with Gasteiger partial charge in [0.1, 0.15) is 0 Å². The monoisotopic (exact) mass is 426 g/mol. The zero-order valence-corrected chi connectivity index (χ0v) is 18.1. The van der Waals surface area contributed by atoms with Crippen LogP contribution in [0.25, 0.3) is 0 Å². The summed E-state index contributed by atoms with van der Waals surface area (Å²) in [5, 5.41) is 6.42. The van der Waals surface area contributed by atoms with Gasteiger partial charge in [-0.2, -0.15) is 9.41 Å². The molecule has 2 aromatic rings. The van der Waals surface area contributed by atoms with E-state index in [1.807, 2.05) is 43.1 Å². The molecule has 0 spiro atoms. The van der Waals surface area contributed by atoms with Crippen molar-refractivity contribution in [2.45, 2.75) is 25.2 Å². The van der Waals surface area contributed by atoms with Crippen LogP contribution >= 0.6 is 0 Å². The number of carbonyl (C=O) groups excluding carboxylic acids is 1. The summed E-state index contributed by atoms with van der Waals surface area (Å²) in [6.45, 7) is 6.13. The van der Waals surface area contributed by atoms with Crippen molar-refractivity contribution in [3.05, 3.63) is 59.7 Å². The van der Waals surface area contributed by atoms with Gasteiger partial charge in [-0.3, -0.25) is 9.80 Å². The average molecular weight is 427 g/mol. The van der Waals surface area contributed by atoms with Crippen molar-refractivity contribution in [2.75, 3.05) is 37.7 Å². The molecule has 158 valence electrons. The fourth-order valence-electron chi connectivity index (χ4n) is 3.71. The zero-order chi connectivity index (χ0) is 21.3. The van der Waals surface area contributed by atoms with Crippen LogP contribution in [0, 0.1) is 6.92 Å². The highest BCUT2D eigenvalue weighted by Crippen LogP contribution is 2.22. The summed E-state index contributed by atoms with van der Waals surface area (Å²) < 4.78 is 27.1. The van der Waals surface area contributed by atoms with Gasteiger partial charge in [0.2, 0.25) is 10.0 Å².